The van der Waals surface area contributed by atoms with Crippen LogP contribution in [0.2, 0.25) is 5.02 Å². The van der Waals surface area contributed by atoms with Gasteiger partial charge >= 0.3 is 5.97 Å². The van der Waals surface area contributed by atoms with E-state index < -0.39 is 5.97 Å². The number of aromatic nitrogens is 1. The molecule has 2 rings (SSSR count). The molecule has 0 radical (unpaired) electrons. The highest BCUT2D eigenvalue weighted by Crippen LogP contribution is 2.30. The Morgan fingerprint density at radius 1 is 1.59 bits per heavy atom. The second-order valence-corrected chi connectivity index (χ2v) is 5.13. The second-order valence-electron chi connectivity index (χ2n) is 3.66. The van der Waals surface area contributed by atoms with Gasteiger partial charge in [-0.2, -0.15) is 0 Å². The molecule has 0 aliphatic carbocycles. The average molecular weight is 271 g/mol. The van der Waals surface area contributed by atoms with Crippen molar-refractivity contribution in [2.24, 2.45) is 0 Å². The predicted octanol–water partition coefficient (Wildman–Crippen LogP) is 3.14. The van der Waals surface area contributed by atoms with E-state index in [9.17, 15) is 4.79 Å². The van der Waals surface area contributed by atoms with Crippen molar-refractivity contribution in [2.45, 2.75) is 13.3 Å². The number of fused-ring (bicyclic) bond motifs is 1. The van der Waals surface area contributed by atoms with Gasteiger partial charge in [-0.1, -0.05) is 22.9 Å². The third-order valence-electron chi connectivity index (χ3n) is 2.27. The lowest BCUT2D eigenvalue weighted by Crippen LogP contribution is -2.06. The zero-order valence-corrected chi connectivity index (χ0v) is 10.7. The van der Waals surface area contributed by atoms with Crippen LogP contribution in [-0.2, 0) is 4.79 Å². The molecule has 0 amide bonds. The van der Waals surface area contributed by atoms with Gasteiger partial charge in [0, 0.05) is 11.6 Å². The van der Waals surface area contributed by atoms with Crippen LogP contribution in [0.15, 0.2) is 12.1 Å². The van der Waals surface area contributed by atoms with Crippen LogP contribution in [0.3, 0.4) is 0 Å². The molecule has 0 fully saturated rings. The third kappa shape index (κ3) is 2.87. The Hall–Kier alpha value is -1.33. The normalized spacial score (nSPS) is 10.7. The summed E-state index contributed by atoms with van der Waals surface area (Å²) >= 11 is 7.44. The van der Waals surface area contributed by atoms with Crippen molar-refractivity contribution in [1.82, 2.24) is 4.98 Å². The number of aliphatic carboxylic acids is 1. The van der Waals surface area contributed by atoms with Crippen LogP contribution >= 0.6 is 22.9 Å². The molecule has 1 aromatic heterocycles. The van der Waals surface area contributed by atoms with Gasteiger partial charge in [-0.15, -0.1) is 0 Å². The maximum atomic E-state index is 10.4. The Balaban J connectivity index is 2.20. The standard InChI is InChI=1S/C11H11ClN2O2S/c1-6-4-7(12)5-8-10(6)14-11(17-8)13-3-2-9(15)16/h4-5H,2-3H2,1H3,(H,13,14)(H,15,16). The lowest BCUT2D eigenvalue weighted by atomic mass is 10.2. The first kappa shape index (κ1) is 12.1. The lowest BCUT2D eigenvalue weighted by molar-refractivity contribution is -0.136. The molecule has 0 bridgehead atoms. The van der Waals surface area contributed by atoms with Crippen LogP contribution in [0.4, 0.5) is 5.13 Å². The van der Waals surface area contributed by atoms with Gasteiger partial charge in [0.05, 0.1) is 16.6 Å². The van der Waals surface area contributed by atoms with E-state index in [1.54, 1.807) is 0 Å². The molecule has 0 atom stereocenters. The molecule has 1 heterocycles. The molecule has 0 aliphatic rings. The monoisotopic (exact) mass is 270 g/mol. The fraction of sp³-hybridized carbons (Fsp3) is 0.273. The maximum Gasteiger partial charge on any atom is 0.305 e. The van der Waals surface area contributed by atoms with Gasteiger partial charge in [0.2, 0.25) is 0 Å². The average Bonchev–Trinajstić information content (AvgIpc) is 2.60. The lowest BCUT2D eigenvalue weighted by Gasteiger charge is -1.97. The number of carboxylic acids is 1. The van der Waals surface area contributed by atoms with Crippen LogP contribution in [0.1, 0.15) is 12.0 Å². The molecular formula is C11H11ClN2O2S. The molecule has 0 spiro atoms. The minimum absolute atomic E-state index is 0.0790. The third-order valence-corrected chi connectivity index (χ3v) is 3.44. The Morgan fingerprint density at radius 2 is 2.35 bits per heavy atom. The van der Waals surface area contributed by atoms with E-state index in [4.69, 9.17) is 16.7 Å². The largest absolute Gasteiger partial charge is 0.481 e. The van der Waals surface area contributed by atoms with Crippen molar-refractivity contribution < 1.29 is 9.90 Å². The number of carbonyl (C=O) groups is 1. The highest BCUT2D eigenvalue weighted by atomic mass is 35.5. The number of rotatable bonds is 4. The first-order valence-corrected chi connectivity index (χ1v) is 6.28. The predicted molar refractivity (Wildman–Crippen MR) is 70.1 cm³/mol. The number of benzene rings is 1. The minimum atomic E-state index is -0.821. The van der Waals surface area contributed by atoms with E-state index in [0.717, 1.165) is 20.9 Å². The summed E-state index contributed by atoms with van der Waals surface area (Å²) in [5.41, 5.74) is 1.94. The molecular weight excluding hydrogens is 260 g/mol. The number of hydrogen-bond donors (Lipinski definition) is 2. The maximum absolute atomic E-state index is 10.4. The summed E-state index contributed by atoms with van der Waals surface area (Å²) in [7, 11) is 0. The number of nitrogens with one attached hydrogen (secondary N) is 1. The molecule has 0 saturated heterocycles. The van der Waals surface area contributed by atoms with E-state index >= 15 is 0 Å². The van der Waals surface area contributed by atoms with E-state index in [1.807, 2.05) is 19.1 Å². The molecule has 0 saturated carbocycles. The fourth-order valence-electron chi connectivity index (χ4n) is 1.51. The van der Waals surface area contributed by atoms with Gasteiger partial charge in [-0.3, -0.25) is 4.79 Å². The summed E-state index contributed by atoms with van der Waals surface area (Å²) in [5, 5.41) is 13.0. The van der Waals surface area contributed by atoms with Crippen LogP contribution in [-0.4, -0.2) is 22.6 Å². The molecule has 17 heavy (non-hydrogen) atoms. The first-order valence-electron chi connectivity index (χ1n) is 5.08. The van der Waals surface area contributed by atoms with Crippen LogP contribution < -0.4 is 5.32 Å². The first-order chi connectivity index (χ1) is 8.06. The van der Waals surface area contributed by atoms with Crippen LogP contribution in [0.5, 0.6) is 0 Å². The van der Waals surface area contributed by atoms with Gasteiger partial charge in [-0.25, -0.2) is 4.98 Å². The van der Waals surface area contributed by atoms with Crippen molar-refractivity contribution in [1.29, 1.82) is 0 Å². The topological polar surface area (TPSA) is 62.2 Å². The quantitative estimate of drug-likeness (QED) is 0.896. The summed E-state index contributed by atoms with van der Waals surface area (Å²) in [5.74, 6) is -0.821. The molecule has 1 aromatic carbocycles. The molecule has 90 valence electrons. The molecule has 6 heteroatoms. The highest BCUT2D eigenvalue weighted by molar-refractivity contribution is 7.22. The Morgan fingerprint density at radius 3 is 3.06 bits per heavy atom. The van der Waals surface area contributed by atoms with Gasteiger partial charge in [-0.05, 0) is 24.6 Å². The smallest absolute Gasteiger partial charge is 0.305 e. The molecule has 2 aromatic rings. The Kier molecular flexibility index (Phi) is 3.49. The van der Waals surface area contributed by atoms with Crippen molar-refractivity contribution in [3.63, 3.8) is 0 Å². The SMILES string of the molecule is Cc1cc(Cl)cc2sc(NCCC(=O)O)nc12. The number of aryl methyl sites for hydroxylation is 1. The number of hydrogen-bond acceptors (Lipinski definition) is 4. The van der Waals surface area contributed by atoms with Gasteiger partial charge in [0.1, 0.15) is 0 Å². The molecule has 0 aliphatic heterocycles. The van der Waals surface area contributed by atoms with E-state index in [2.05, 4.69) is 10.3 Å². The zero-order valence-electron chi connectivity index (χ0n) is 9.16. The molecule has 0 unspecified atom stereocenters. The summed E-state index contributed by atoms with van der Waals surface area (Å²) in [6.07, 6.45) is 0.0790. The van der Waals surface area contributed by atoms with E-state index in [1.165, 1.54) is 11.3 Å². The molecule has 4 nitrogen and oxygen atoms in total. The second kappa shape index (κ2) is 4.89. The molecule has 2 N–H and O–H groups in total. The van der Waals surface area contributed by atoms with Crippen LogP contribution in [0, 0.1) is 6.92 Å². The summed E-state index contributed by atoms with van der Waals surface area (Å²) in [6.45, 7) is 2.33. The number of thiazole rings is 1. The number of halogens is 1. The minimum Gasteiger partial charge on any atom is -0.481 e. The van der Waals surface area contributed by atoms with Crippen LogP contribution in [0.25, 0.3) is 10.2 Å². The fourth-order valence-corrected chi connectivity index (χ4v) is 2.85. The van der Waals surface area contributed by atoms with Gasteiger partial charge in [0.15, 0.2) is 5.13 Å². The van der Waals surface area contributed by atoms with Crippen molar-refractivity contribution in [3.05, 3.63) is 22.7 Å². The summed E-state index contributed by atoms with van der Waals surface area (Å²) in [6, 6.07) is 3.73. The number of carboxylic acid groups (broad SMARTS) is 1. The van der Waals surface area contributed by atoms with Gasteiger partial charge in [0.25, 0.3) is 0 Å². The summed E-state index contributed by atoms with van der Waals surface area (Å²) < 4.78 is 1.01. The van der Waals surface area contributed by atoms with E-state index in [-0.39, 0.29) is 6.42 Å². The Labute approximate surface area is 107 Å². The Bertz CT molecular complexity index is 568. The van der Waals surface area contributed by atoms with Crippen molar-refractivity contribution in [3.8, 4) is 0 Å². The number of anilines is 1. The highest BCUT2D eigenvalue weighted by Gasteiger charge is 2.07. The van der Waals surface area contributed by atoms with E-state index in [0.29, 0.717) is 11.6 Å². The van der Waals surface area contributed by atoms with Crippen molar-refractivity contribution in [2.75, 3.05) is 11.9 Å². The number of nitrogens with zero attached hydrogens (tertiary/aromatic N) is 1. The zero-order chi connectivity index (χ0) is 12.4. The van der Waals surface area contributed by atoms with Gasteiger partial charge < -0.3 is 10.4 Å². The summed E-state index contributed by atoms with van der Waals surface area (Å²) in [4.78, 5) is 14.8. The van der Waals surface area contributed by atoms with Crippen molar-refractivity contribution >= 4 is 44.3 Å².